The van der Waals surface area contributed by atoms with E-state index in [1.165, 1.54) is 24.4 Å². The predicted molar refractivity (Wildman–Crippen MR) is 109 cm³/mol. The number of carbonyl (C=O) groups excluding carboxylic acids is 2. The number of dihydropyridines is 1. The van der Waals surface area contributed by atoms with Gasteiger partial charge in [0.2, 0.25) is 0 Å². The number of anilines is 1. The lowest BCUT2D eigenvalue weighted by Crippen LogP contribution is -2.36. The molecule has 1 aliphatic heterocycles. The molecule has 2 heterocycles. The summed E-state index contributed by atoms with van der Waals surface area (Å²) in [7, 11) is 0. The van der Waals surface area contributed by atoms with E-state index >= 15 is 0 Å². The summed E-state index contributed by atoms with van der Waals surface area (Å²) in [5, 5.41) is 5.80. The Labute approximate surface area is 177 Å². The maximum Gasteiger partial charge on any atom is 0.416 e. The Morgan fingerprint density at radius 1 is 1.16 bits per heavy atom. The average Bonchev–Trinajstić information content (AvgIpc) is 2.73. The summed E-state index contributed by atoms with van der Waals surface area (Å²) in [5.74, 6) is -1.93. The third-order valence-electron chi connectivity index (χ3n) is 5.52. The molecule has 5 nitrogen and oxygen atoms in total. The van der Waals surface area contributed by atoms with Crippen molar-refractivity contribution < 1.29 is 22.8 Å². The van der Waals surface area contributed by atoms with E-state index in [4.69, 9.17) is 0 Å². The van der Waals surface area contributed by atoms with Gasteiger partial charge in [0.25, 0.3) is 5.91 Å². The number of amides is 1. The van der Waals surface area contributed by atoms with Crippen LogP contribution in [0.4, 0.5) is 18.9 Å². The van der Waals surface area contributed by atoms with Crippen molar-refractivity contribution >= 4 is 17.4 Å². The van der Waals surface area contributed by atoms with Crippen molar-refractivity contribution in [2.45, 2.75) is 38.3 Å². The van der Waals surface area contributed by atoms with Gasteiger partial charge in [0.05, 0.1) is 17.4 Å². The Bertz CT molecular complexity index is 1100. The van der Waals surface area contributed by atoms with Gasteiger partial charge >= 0.3 is 6.18 Å². The molecule has 1 aromatic carbocycles. The first kappa shape index (κ1) is 20.8. The summed E-state index contributed by atoms with van der Waals surface area (Å²) >= 11 is 0. The van der Waals surface area contributed by atoms with Crippen molar-refractivity contribution in [3.63, 3.8) is 0 Å². The number of aromatic nitrogens is 1. The van der Waals surface area contributed by atoms with Crippen LogP contribution in [0, 0.1) is 0 Å². The van der Waals surface area contributed by atoms with Gasteiger partial charge in [-0.25, -0.2) is 0 Å². The van der Waals surface area contributed by atoms with E-state index in [9.17, 15) is 22.8 Å². The van der Waals surface area contributed by atoms with E-state index < -0.39 is 23.6 Å². The molecule has 1 amide bonds. The maximum absolute atomic E-state index is 13.9. The Morgan fingerprint density at radius 2 is 1.94 bits per heavy atom. The minimum Gasteiger partial charge on any atom is -0.362 e. The molecule has 8 heteroatoms. The zero-order valence-electron chi connectivity index (χ0n) is 16.7. The molecule has 2 aromatic rings. The highest BCUT2D eigenvalue weighted by Crippen LogP contribution is 2.46. The van der Waals surface area contributed by atoms with Crippen LogP contribution in [0.15, 0.2) is 71.3 Å². The topological polar surface area (TPSA) is 71.1 Å². The third kappa shape index (κ3) is 3.97. The summed E-state index contributed by atoms with van der Waals surface area (Å²) in [6.07, 6.45) is -0.244. The Balaban J connectivity index is 1.88. The number of halogens is 3. The summed E-state index contributed by atoms with van der Waals surface area (Å²) in [4.78, 5) is 30.1. The fraction of sp³-hybridized carbons (Fsp3) is 0.261. The Hall–Kier alpha value is -3.42. The molecule has 0 radical (unpaired) electrons. The summed E-state index contributed by atoms with van der Waals surface area (Å²) in [5.41, 5.74) is 0.803. The van der Waals surface area contributed by atoms with Crippen LogP contribution < -0.4 is 10.6 Å². The average molecular weight is 427 g/mol. The molecule has 4 rings (SSSR count). The first-order valence-electron chi connectivity index (χ1n) is 9.89. The van der Waals surface area contributed by atoms with E-state index in [2.05, 4.69) is 15.6 Å². The van der Waals surface area contributed by atoms with Gasteiger partial charge in [-0.05, 0) is 43.5 Å². The second-order valence-corrected chi connectivity index (χ2v) is 7.55. The number of benzene rings is 1. The molecular formula is C23H20F3N3O2. The number of nitrogens with one attached hydrogen (secondary N) is 2. The zero-order valence-corrected chi connectivity index (χ0v) is 16.7. The predicted octanol–water partition coefficient (Wildman–Crippen LogP) is 4.71. The lowest BCUT2D eigenvalue weighted by Gasteiger charge is -2.35. The van der Waals surface area contributed by atoms with E-state index in [0.29, 0.717) is 29.9 Å². The SMILES string of the molecule is CC1=C(C(=O)Nc2cccnc2)C(c2ccccc2C(F)(F)F)C2=C(CCCC2=O)N1. The third-order valence-corrected chi connectivity index (χ3v) is 5.52. The van der Waals surface area contributed by atoms with Gasteiger partial charge in [-0.15, -0.1) is 0 Å². The van der Waals surface area contributed by atoms with Crippen LogP contribution in [-0.4, -0.2) is 16.7 Å². The van der Waals surface area contributed by atoms with Gasteiger partial charge in [0.1, 0.15) is 0 Å². The molecule has 0 fully saturated rings. The van der Waals surface area contributed by atoms with Crippen molar-refractivity contribution in [2.75, 3.05) is 5.32 Å². The highest BCUT2D eigenvalue weighted by molar-refractivity contribution is 6.09. The van der Waals surface area contributed by atoms with E-state index in [0.717, 1.165) is 6.07 Å². The molecule has 2 N–H and O–H groups in total. The van der Waals surface area contributed by atoms with Crippen molar-refractivity contribution in [2.24, 2.45) is 0 Å². The van der Waals surface area contributed by atoms with Gasteiger partial charge in [0.15, 0.2) is 5.78 Å². The number of pyridine rings is 1. The number of rotatable bonds is 3. The Kier molecular flexibility index (Phi) is 5.39. The fourth-order valence-corrected chi connectivity index (χ4v) is 4.24. The zero-order chi connectivity index (χ0) is 22.2. The van der Waals surface area contributed by atoms with Gasteiger partial charge < -0.3 is 10.6 Å². The van der Waals surface area contributed by atoms with Gasteiger partial charge in [-0.1, -0.05) is 18.2 Å². The number of hydrogen-bond donors (Lipinski definition) is 2. The molecule has 0 spiro atoms. The molecule has 0 bridgehead atoms. The summed E-state index contributed by atoms with van der Waals surface area (Å²) < 4.78 is 41.6. The van der Waals surface area contributed by atoms with Crippen LogP contribution in [-0.2, 0) is 15.8 Å². The molecule has 160 valence electrons. The van der Waals surface area contributed by atoms with Crippen molar-refractivity contribution in [3.8, 4) is 0 Å². The summed E-state index contributed by atoms with van der Waals surface area (Å²) in [6, 6.07) is 8.39. The quantitative estimate of drug-likeness (QED) is 0.745. The highest BCUT2D eigenvalue weighted by atomic mass is 19.4. The summed E-state index contributed by atoms with van der Waals surface area (Å²) in [6.45, 7) is 1.64. The molecule has 1 aliphatic carbocycles. The number of allylic oxidation sites excluding steroid dienone is 3. The first-order chi connectivity index (χ1) is 14.8. The van der Waals surface area contributed by atoms with Crippen molar-refractivity contribution in [3.05, 3.63) is 82.5 Å². The second-order valence-electron chi connectivity index (χ2n) is 7.55. The lowest BCUT2D eigenvalue weighted by atomic mass is 9.73. The van der Waals surface area contributed by atoms with Gasteiger partial charge in [-0.2, -0.15) is 13.2 Å². The number of Topliss-reactive ketones (excluding diaryl/α,β-unsaturated/α-hetero) is 1. The Morgan fingerprint density at radius 3 is 2.65 bits per heavy atom. The van der Waals surface area contributed by atoms with Crippen molar-refractivity contribution in [1.82, 2.24) is 10.3 Å². The number of hydrogen-bond acceptors (Lipinski definition) is 4. The maximum atomic E-state index is 13.9. The monoisotopic (exact) mass is 427 g/mol. The molecular weight excluding hydrogens is 407 g/mol. The second kappa shape index (κ2) is 8.02. The number of nitrogens with zero attached hydrogens (tertiary/aromatic N) is 1. The molecule has 0 saturated heterocycles. The minimum atomic E-state index is -4.63. The van der Waals surface area contributed by atoms with Crippen LogP contribution in [0.5, 0.6) is 0 Å². The van der Waals surface area contributed by atoms with E-state index in [1.807, 2.05) is 0 Å². The van der Waals surface area contributed by atoms with Crippen LogP contribution >= 0.6 is 0 Å². The molecule has 1 aromatic heterocycles. The van der Waals surface area contributed by atoms with Gasteiger partial charge in [0, 0.05) is 41.1 Å². The van der Waals surface area contributed by atoms with Crippen molar-refractivity contribution in [1.29, 1.82) is 0 Å². The molecule has 1 unspecified atom stereocenters. The number of alkyl halides is 3. The van der Waals surface area contributed by atoms with E-state index in [-0.39, 0.29) is 28.9 Å². The highest BCUT2D eigenvalue weighted by Gasteiger charge is 2.43. The smallest absolute Gasteiger partial charge is 0.362 e. The van der Waals surface area contributed by atoms with E-state index in [1.54, 1.807) is 25.3 Å². The molecule has 31 heavy (non-hydrogen) atoms. The molecule has 0 saturated carbocycles. The fourth-order valence-electron chi connectivity index (χ4n) is 4.24. The lowest BCUT2D eigenvalue weighted by molar-refractivity contribution is -0.138. The first-order valence-corrected chi connectivity index (χ1v) is 9.89. The van der Waals surface area contributed by atoms with Crippen LogP contribution in [0.25, 0.3) is 0 Å². The van der Waals surface area contributed by atoms with Crippen LogP contribution in [0.3, 0.4) is 0 Å². The standard InChI is InChI=1S/C23H20F3N3O2/c1-13-19(22(31)29-14-6-5-11-27-12-14)20(21-17(28-13)9-4-10-18(21)30)15-7-2-3-8-16(15)23(24,25)26/h2-3,5-8,11-12,20,28H,4,9-10H2,1H3,(H,29,31). The minimum absolute atomic E-state index is 0.0922. The number of carbonyl (C=O) groups is 2. The largest absolute Gasteiger partial charge is 0.416 e. The van der Waals surface area contributed by atoms with Crippen LogP contribution in [0.2, 0.25) is 0 Å². The normalized spacial score (nSPS) is 19.1. The van der Waals surface area contributed by atoms with Gasteiger partial charge in [-0.3, -0.25) is 14.6 Å². The van der Waals surface area contributed by atoms with Crippen LogP contribution in [0.1, 0.15) is 43.2 Å². The number of ketones is 1. The molecule has 2 aliphatic rings. The molecule has 1 atom stereocenters.